The van der Waals surface area contributed by atoms with Crippen molar-refractivity contribution in [1.29, 1.82) is 0 Å². The van der Waals surface area contributed by atoms with Crippen LogP contribution in [0.25, 0.3) is 0 Å². The van der Waals surface area contributed by atoms with Crippen LogP contribution in [0, 0.1) is 12.0 Å². The molecule has 1 aliphatic heterocycles. The number of hydrogen-bond donors (Lipinski definition) is 0. The van der Waals surface area contributed by atoms with E-state index in [-0.39, 0.29) is 19.5 Å². The Bertz CT molecular complexity index is 120. The molecule has 1 atom stereocenters. The van der Waals surface area contributed by atoms with Gasteiger partial charge in [0.15, 0.2) is 0 Å². The van der Waals surface area contributed by atoms with Crippen molar-refractivity contribution >= 4 is 5.71 Å². The fourth-order valence-electron chi connectivity index (χ4n) is 1.05. The maximum absolute atomic E-state index is 4.30. The van der Waals surface area contributed by atoms with Gasteiger partial charge >= 0.3 is 0 Å². The summed E-state index contributed by atoms with van der Waals surface area (Å²) in [5, 5.41) is 0. The summed E-state index contributed by atoms with van der Waals surface area (Å²) in [6.07, 6.45) is 1.17. The minimum absolute atomic E-state index is 0. The molecule has 1 rings (SSSR count). The van der Waals surface area contributed by atoms with Gasteiger partial charge in [0.05, 0.1) is 0 Å². The molecule has 0 amide bonds. The minimum Gasteiger partial charge on any atom is -0.452 e. The van der Waals surface area contributed by atoms with Crippen molar-refractivity contribution in [2.75, 3.05) is 0 Å². The average Bonchev–Trinajstić information content (AvgIpc) is 1.85. The van der Waals surface area contributed by atoms with E-state index < -0.39 is 0 Å². The van der Waals surface area contributed by atoms with Crippen molar-refractivity contribution in [3.05, 3.63) is 6.04 Å². The van der Waals surface area contributed by atoms with Gasteiger partial charge in [-0.15, -0.1) is 11.8 Å². The molecule has 0 aromatic carbocycles. The summed E-state index contributed by atoms with van der Waals surface area (Å²) in [6, 6.07) is 1.29. The van der Waals surface area contributed by atoms with Crippen molar-refractivity contribution in [2.24, 2.45) is 10.9 Å². The molecule has 0 spiro atoms. The molecule has 9 heavy (non-hydrogen) atoms. The van der Waals surface area contributed by atoms with Gasteiger partial charge in [0.2, 0.25) is 0 Å². The minimum atomic E-state index is 0. The fraction of sp³-hybridized carbons (Fsp3) is 0.714. The van der Waals surface area contributed by atoms with Gasteiger partial charge in [-0.05, 0) is 0 Å². The zero-order chi connectivity index (χ0) is 6.15. The maximum Gasteiger partial charge on any atom is 0 e. The Kier molecular flexibility index (Phi) is 3.42. The van der Waals surface area contributed by atoms with Gasteiger partial charge in [0.25, 0.3) is 0 Å². The first-order chi connectivity index (χ1) is 3.70. The van der Waals surface area contributed by atoms with E-state index >= 15 is 0 Å². The summed E-state index contributed by atoms with van der Waals surface area (Å²) >= 11 is 0. The second kappa shape index (κ2) is 3.36. The maximum atomic E-state index is 4.30. The quantitative estimate of drug-likeness (QED) is 0.431. The van der Waals surface area contributed by atoms with Crippen LogP contribution in [-0.4, -0.2) is 5.71 Å². The molecule has 0 N–H and O–H groups in total. The smallest absolute Gasteiger partial charge is 0 e. The SMILES string of the molecule is CC1=N[C-](C)CC1C.[Rh]. The molecule has 55 valence electrons. The van der Waals surface area contributed by atoms with Gasteiger partial charge in [0.1, 0.15) is 0 Å². The zero-order valence-electron chi connectivity index (χ0n) is 6.07. The molecule has 1 nitrogen and oxygen atoms in total. The van der Waals surface area contributed by atoms with Crippen LogP contribution in [0.1, 0.15) is 27.2 Å². The Morgan fingerprint density at radius 2 is 2.22 bits per heavy atom. The summed E-state index contributed by atoms with van der Waals surface area (Å²) in [5.41, 5.74) is 1.29. The fourth-order valence-corrected chi connectivity index (χ4v) is 1.05. The summed E-state index contributed by atoms with van der Waals surface area (Å²) in [6.45, 7) is 6.41. The Morgan fingerprint density at radius 1 is 1.67 bits per heavy atom. The first-order valence-electron chi connectivity index (χ1n) is 3.08. The molecule has 0 aliphatic carbocycles. The molecule has 0 saturated carbocycles. The van der Waals surface area contributed by atoms with Crippen LogP contribution in [0.4, 0.5) is 0 Å². The number of aliphatic imine (C=N–C) groups is 1. The second-order valence-electron chi connectivity index (χ2n) is 2.59. The van der Waals surface area contributed by atoms with Crippen molar-refractivity contribution in [2.45, 2.75) is 27.2 Å². The standard InChI is InChI=1S/C7H12N.Rh/c1-5-4-6(2)8-7(5)3;/h5H,4H2,1-3H3;/q-1;. The van der Waals surface area contributed by atoms with Gasteiger partial charge < -0.3 is 4.99 Å². The number of rotatable bonds is 0. The molecule has 1 aliphatic rings. The second-order valence-corrected chi connectivity index (χ2v) is 2.59. The van der Waals surface area contributed by atoms with Gasteiger partial charge in [-0.3, -0.25) is 0 Å². The average molecular weight is 213 g/mol. The van der Waals surface area contributed by atoms with Crippen molar-refractivity contribution in [3.63, 3.8) is 0 Å². The normalized spacial score (nSPS) is 25.4. The van der Waals surface area contributed by atoms with Crippen LogP contribution in [0.15, 0.2) is 4.99 Å². The number of nitrogens with zero attached hydrogens (tertiary/aromatic N) is 1. The van der Waals surface area contributed by atoms with Crippen LogP contribution in [0.5, 0.6) is 0 Å². The van der Waals surface area contributed by atoms with Crippen molar-refractivity contribution < 1.29 is 19.5 Å². The Hall–Kier alpha value is 0.163. The molecule has 0 aromatic rings. The summed E-state index contributed by atoms with van der Waals surface area (Å²) in [4.78, 5) is 4.30. The van der Waals surface area contributed by atoms with Crippen LogP contribution in [0.3, 0.4) is 0 Å². The molecule has 0 aromatic heterocycles. The first-order valence-corrected chi connectivity index (χ1v) is 3.08. The molecule has 0 bridgehead atoms. The molecule has 1 heterocycles. The van der Waals surface area contributed by atoms with E-state index in [0.29, 0.717) is 5.92 Å². The van der Waals surface area contributed by atoms with E-state index in [2.05, 4.69) is 25.8 Å². The van der Waals surface area contributed by atoms with Crippen LogP contribution >= 0.6 is 0 Å². The van der Waals surface area contributed by atoms with Crippen molar-refractivity contribution in [1.82, 2.24) is 0 Å². The van der Waals surface area contributed by atoms with E-state index in [4.69, 9.17) is 0 Å². The molecule has 0 fully saturated rings. The molecule has 0 saturated heterocycles. The van der Waals surface area contributed by atoms with E-state index in [9.17, 15) is 0 Å². The van der Waals surface area contributed by atoms with Gasteiger partial charge in [-0.2, -0.15) is 0 Å². The molecular formula is C7H12NRh-. The Labute approximate surface area is 69.7 Å². The third-order valence-electron chi connectivity index (χ3n) is 1.68. The van der Waals surface area contributed by atoms with Crippen molar-refractivity contribution in [3.8, 4) is 0 Å². The summed E-state index contributed by atoms with van der Waals surface area (Å²) in [5.74, 6) is 0.704. The van der Waals surface area contributed by atoms with Crippen LogP contribution in [0.2, 0.25) is 0 Å². The predicted molar refractivity (Wildman–Crippen MR) is 35.8 cm³/mol. The largest absolute Gasteiger partial charge is 0.452 e. The van der Waals surface area contributed by atoms with E-state index in [0.717, 1.165) is 0 Å². The van der Waals surface area contributed by atoms with E-state index in [1.54, 1.807) is 0 Å². The van der Waals surface area contributed by atoms with E-state index in [1.165, 1.54) is 18.2 Å². The Balaban J connectivity index is 0.000000640. The monoisotopic (exact) mass is 213 g/mol. The summed E-state index contributed by atoms with van der Waals surface area (Å²) < 4.78 is 0. The first kappa shape index (κ1) is 9.16. The van der Waals surface area contributed by atoms with Gasteiger partial charge in [0, 0.05) is 19.5 Å². The van der Waals surface area contributed by atoms with Gasteiger partial charge in [-0.25, -0.2) is 0 Å². The predicted octanol–water partition coefficient (Wildman–Crippen LogP) is 2.04. The van der Waals surface area contributed by atoms with E-state index in [1.807, 2.05) is 0 Å². The molecular weight excluding hydrogens is 201 g/mol. The molecule has 1 unspecified atom stereocenters. The molecule has 2 heteroatoms. The Morgan fingerprint density at radius 3 is 2.33 bits per heavy atom. The topological polar surface area (TPSA) is 12.4 Å². The van der Waals surface area contributed by atoms with Crippen LogP contribution in [-0.2, 0) is 19.5 Å². The van der Waals surface area contributed by atoms with Gasteiger partial charge in [-0.1, -0.05) is 33.1 Å². The zero-order valence-corrected chi connectivity index (χ0v) is 7.70. The third-order valence-corrected chi connectivity index (χ3v) is 1.68. The molecule has 1 radical (unpaired) electrons. The van der Waals surface area contributed by atoms with Crippen LogP contribution < -0.4 is 0 Å². The number of hydrogen-bond acceptors (Lipinski definition) is 1. The summed E-state index contributed by atoms with van der Waals surface area (Å²) in [7, 11) is 0. The third kappa shape index (κ3) is 2.10.